The van der Waals surface area contributed by atoms with Gasteiger partial charge in [0.25, 0.3) is 11.8 Å². The number of nitrogens with one attached hydrogen (secondary N) is 1. The molecule has 2 aliphatic rings. The highest BCUT2D eigenvalue weighted by Gasteiger charge is 2.56. The van der Waals surface area contributed by atoms with Crippen molar-refractivity contribution in [2.45, 2.75) is 31.1 Å². The molecular formula is C24H22F2N8O2. The summed E-state index contributed by atoms with van der Waals surface area (Å²) in [7, 11) is 0. The monoisotopic (exact) mass is 492 g/mol. The molecule has 4 heterocycles. The fraction of sp³-hybridized carbons (Fsp3) is 0.292. The van der Waals surface area contributed by atoms with Crippen molar-refractivity contribution < 1.29 is 18.3 Å². The molecule has 2 atom stereocenters. The van der Waals surface area contributed by atoms with Gasteiger partial charge < -0.3 is 25.9 Å². The zero-order chi connectivity index (χ0) is 25.2. The van der Waals surface area contributed by atoms with Crippen LogP contribution >= 0.6 is 0 Å². The van der Waals surface area contributed by atoms with Crippen LogP contribution in [0.25, 0.3) is 17.2 Å². The van der Waals surface area contributed by atoms with Gasteiger partial charge in [0.2, 0.25) is 11.6 Å². The molecule has 0 spiro atoms. The Morgan fingerprint density at radius 2 is 1.94 bits per heavy atom. The van der Waals surface area contributed by atoms with Gasteiger partial charge in [-0.15, -0.1) is 0 Å². The van der Waals surface area contributed by atoms with Gasteiger partial charge in [0.15, 0.2) is 5.82 Å². The lowest BCUT2D eigenvalue weighted by atomic mass is 9.77. The second-order valence-corrected chi connectivity index (χ2v) is 9.25. The molecule has 184 valence electrons. The van der Waals surface area contributed by atoms with Gasteiger partial charge in [-0.25, -0.2) is 28.7 Å². The summed E-state index contributed by atoms with van der Waals surface area (Å²) < 4.78 is 33.8. The number of nitrogens with two attached hydrogens (primary N) is 2. The Bertz CT molecular complexity index is 1520. The molecule has 1 amide bonds. The third-order valence-corrected chi connectivity index (χ3v) is 6.84. The van der Waals surface area contributed by atoms with Crippen molar-refractivity contribution in [1.82, 2.24) is 24.3 Å². The Kier molecular flexibility index (Phi) is 4.66. The summed E-state index contributed by atoms with van der Waals surface area (Å²) in [5.41, 5.74) is 13.6. The predicted octanol–water partition coefficient (Wildman–Crippen LogP) is 3.03. The number of fused-ring (bicyclic) bond motifs is 2. The van der Waals surface area contributed by atoms with Gasteiger partial charge in [-0.2, -0.15) is 0 Å². The molecule has 3 aromatic heterocycles. The maximum Gasteiger partial charge on any atom is 0.259 e. The molecule has 5 N–H and O–H groups in total. The Morgan fingerprint density at radius 1 is 1.19 bits per heavy atom. The maximum atomic E-state index is 13.2. The molecule has 1 aromatic carbocycles. The Labute approximate surface area is 203 Å². The number of ether oxygens (including phenoxy) is 1. The van der Waals surface area contributed by atoms with Crippen LogP contribution in [0.3, 0.4) is 0 Å². The molecule has 1 saturated carbocycles. The van der Waals surface area contributed by atoms with E-state index in [1.165, 1.54) is 0 Å². The molecule has 2 unspecified atom stereocenters. The van der Waals surface area contributed by atoms with Crippen LogP contribution < -0.4 is 21.5 Å². The predicted molar refractivity (Wildman–Crippen MR) is 128 cm³/mol. The Morgan fingerprint density at radius 3 is 2.67 bits per heavy atom. The number of imidazole rings is 1. The first kappa shape index (κ1) is 22.1. The van der Waals surface area contributed by atoms with E-state index in [1.54, 1.807) is 54.2 Å². The number of rotatable bonds is 6. The van der Waals surface area contributed by atoms with Gasteiger partial charge in [-0.05, 0) is 31.0 Å². The zero-order valence-corrected chi connectivity index (χ0v) is 19.2. The van der Waals surface area contributed by atoms with Gasteiger partial charge in [-0.3, -0.25) is 4.79 Å². The number of halogens is 2. The molecule has 0 bridgehead atoms. The van der Waals surface area contributed by atoms with Gasteiger partial charge in [0, 0.05) is 36.6 Å². The summed E-state index contributed by atoms with van der Waals surface area (Å²) in [6.45, 7) is 1.83. The molecule has 12 heteroatoms. The van der Waals surface area contributed by atoms with Crippen molar-refractivity contribution in [3.05, 3.63) is 54.0 Å². The second-order valence-electron chi connectivity index (χ2n) is 9.25. The van der Waals surface area contributed by atoms with E-state index in [9.17, 15) is 13.6 Å². The summed E-state index contributed by atoms with van der Waals surface area (Å²) in [5, 5.41) is 2.81. The minimum Gasteiger partial charge on any atom is -0.475 e. The number of hydrogen-bond acceptors (Lipinski definition) is 8. The van der Waals surface area contributed by atoms with Gasteiger partial charge in [0.1, 0.15) is 22.7 Å². The number of carbonyl (C=O) groups excluding carboxylic acids is 1. The molecule has 1 fully saturated rings. The molecule has 10 nitrogen and oxygen atoms in total. The van der Waals surface area contributed by atoms with E-state index in [0.29, 0.717) is 28.2 Å². The molecule has 36 heavy (non-hydrogen) atoms. The molecule has 6 rings (SSSR count). The van der Waals surface area contributed by atoms with Crippen molar-refractivity contribution in [3.8, 4) is 17.4 Å². The normalized spacial score (nSPS) is 21.9. The van der Waals surface area contributed by atoms with E-state index in [0.717, 1.165) is 0 Å². The fourth-order valence-electron chi connectivity index (χ4n) is 4.60. The fourth-order valence-corrected chi connectivity index (χ4v) is 4.60. The van der Waals surface area contributed by atoms with Crippen molar-refractivity contribution >= 4 is 28.9 Å². The number of benzene rings is 1. The first-order valence-electron chi connectivity index (χ1n) is 11.4. The highest BCUT2D eigenvalue weighted by Crippen LogP contribution is 2.50. The summed E-state index contributed by atoms with van der Waals surface area (Å²) in [4.78, 5) is 30.8. The van der Waals surface area contributed by atoms with Gasteiger partial charge in [0.05, 0.1) is 12.2 Å². The lowest BCUT2D eigenvalue weighted by Crippen LogP contribution is -2.33. The van der Waals surface area contributed by atoms with Gasteiger partial charge >= 0.3 is 0 Å². The number of nitrogens with zero attached hydrogens (tertiary/aromatic N) is 5. The highest BCUT2D eigenvalue weighted by atomic mass is 19.3. The lowest BCUT2D eigenvalue weighted by molar-refractivity contribution is -0.119. The van der Waals surface area contributed by atoms with Crippen molar-refractivity contribution in [1.29, 1.82) is 0 Å². The third kappa shape index (κ3) is 3.40. The number of carbonyl (C=O) groups is 1. The number of aromatic nitrogens is 5. The average molecular weight is 492 g/mol. The number of alkyl halides is 2. The summed E-state index contributed by atoms with van der Waals surface area (Å²) in [6.07, 6.45) is 5.01. The molecule has 0 saturated heterocycles. The summed E-state index contributed by atoms with van der Waals surface area (Å²) in [5.74, 6) is -2.83. The molecular weight excluding hydrogens is 470 g/mol. The number of amides is 1. The van der Waals surface area contributed by atoms with Crippen LogP contribution in [-0.2, 0) is 10.2 Å². The first-order valence-corrected chi connectivity index (χ1v) is 11.4. The van der Waals surface area contributed by atoms with Crippen LogP contribution in [0.5, 0.6) is 5.88 Å². The van der Waals surface area contributed by atoms with Crippen LogP contribution in [0.1, 0.15) is 30.9 Å². The van der Waals surface area contributed by atoms with Gasteiger partial charge in [-0.1, -0.05) is 12.1 Å². The van der Waals surface area contributed by atoms with Crippen molar-refractivity contribution in [3.63, 3.8) is 0 Å². The standard InChI is InChI=1S/C24H22F2N8O2/c1-23(12-2-4-14(27)5-3-12)16-17(28)31-18(32-19(16)33-22(23)35)15-11-34-8-7-29-20(34)21(30-15)36-9-6-13-10-24(13,25)26/h2-5,7-8,11,13H,6,9-10,27H2,1H3,(H3,28,31,32,33,35). The van der Waals surface area contributed by atoms with E-state index in [2.05, 4.69) is 25.3 Å². The third-order valence-electron chi connectivity index (χ3n) is 6.84. The maximum absolute atomic E-state index is 13.2. The zero-order valence-electron chi connectivity index (χ0n) is 19.2. The minimum absolute atomic E-state index is 0.0718. The number of nitrogen functional groups attached to an aromatic ring is 2. The topological polar surface area (TPSA) is 146 Å². The molecule has 1 aliphatic carbocycles. The van der Waals surface area contributed by atoms with Crippen LogP contribution in [0.15, 0.2) is 42.9 Å². The molecule has 4 aromatic rings. The van der Waals surface area contributed by atoms with Crippen LogP contribution in [0.4, 0.5) is 26.1 Å². The largest absolute Gasteiger partial charge is 0.475 e. The molecule has 0 radical (unpaired) electrons. The molecule has 1 aliphatic heterocycles. The SMILES string of the molecule is CC1(c2ccc(N)cc2)C(=O)Nc2nc(-c3cn4ccnc4c(OCCC4CC4(F)F)n3)nc(N)c21. The minimum atomic E-state index is -2.61. The van der Waals surface area contributed by atoms with Crippen molar-refractivity contribution in [2.24, 2.45) is 5.92 Å². The highest BCUT2D eigenvalue weighted by molar-refractivity contribution is 6.09. The van der Waals surface area contributed by atoms with Crippen molar-refractivity contribution in [2.75, 3.05) is 23.4 Å². The summed E-state index contributed by atoms with van der Waals surface area (Å²) in [6, 6.07) is 6.97. The first-order chi connectivity index (χ1) is 17.2. The summed E-state index contributed by atoms with van der Waals surface area (Å²) >= 11 is 0. The number of hydrogen-bond donors (Lipinski definition) is 3. The van der Waals surface area contributed by atoms with E-state index in [-0.39, 0.29) is 48.7 Å². The van der Waals surface area contributed by atoms with E-state index >= 15 is 0 Å². The van der Waals surface area contributed by atoms with E-state index in [1.807, 2.05) is 0 Å². The van der Waals surface area contributed by atoms with Crippen LogP contribution in [0.2, 0.25) is 0 Å². The van der Waals surface area contributed by atoms with Crippen LogP contribution in [-0.4, -0.2) is 42.8 Å². The van der Waals surface area contributed by atoms with E-state index in [4.69, 9.17) is 16.2 Å². The second kappa shape index (κ2) is 7.57. The van der Waals surface area contributed by atoms with Crippen LogP contribution in [0, 0.1) is 5.92 Å². The quantitative estimate of drug-likeness (QED) is 0.348. The smallest absolute Gasteiger partial charge is 0.259 e. The van der Waals surface area contributed by atoms with E-state index < -0.39 is 17.3 Å². The average Bonchev–Trinajstić information content (AvgIpc) is 3.14. The Balaban J connectivity index is 1.36. The number of anilines is 3. The Hall–Kier alpha value is -4.35. The lowest BCUT2D eigenvalue weighted by Gasteiger charge is -2.23.